The molecular weight excluding hydrogens is 386 g/mol. The van der Waals surface area contributed by atoms with Crippen molar-refractivity contribution in [1.82, 2.24) is 16.2 Å². The third-order valence-electron chi connectivity index (χ3n) is 4.56. The van der Waals surface area contributed by atoms with Crippen molar-refractivity contribution in [3.8, 4) is 0 Å². The van der Waals surface area contributed by atoms with E-state index in [1.807, 2.05) is 56.3 Å². The van der Waals surface area contributed by atoms with Crippen LogP contribution in [-0.4, -0.2) is 24.3 Å². The summed E-state index contributed by atoms with van der Waals surface area (Å²) in [4.78, 5) is 38.0. The average molecular weight is 410 g/mol. The number of thiophene rings is 1. The average Bonchev–Trinajstić information content (AvgIpc) is 3.11. The Balaban J connectivity index is 1.47. The van der Waals surface area contributed by atoms with Crippen LogP contribution in [0.5, 0.6) is 0 Å². The number of rotatable bonds is 6. The summed E-state index contributed by atoms with van der Waals surface area (Å²) in [7, 11) is 0. The molecule has 3 N–H and O–H groups in total. The number of nitrogens with one attached hydrogen (secondary N) is 3. The molecule has 7 heteroatoms. The molecule has 6 nitrogen and oxygen atoms in total. The van der Waals surface area contributed by atoms with Gasteiger partial charge in [0.2, 0.25) is 5.91 Å². The van der Waals surface area contributed by atoms with Crippen molar-refractivity contribution < 1.29 is 14.4 Å². The summed E-state index contributed by atoms with van der Waals surface area (Å²) in [6.07, 6.45) is 1.04. The maximum absolute atomic E-state index is 12.2. The van der Waals surface area contributed by atoms with Gasteiger partial charge < -0.3 is 5.32 Å². The zero-order chi connectivity index (χ0) is 20.8. The molecule has 0 aliphatic rings. The standard InChI is InChI=1S/C22H23N3O3S/c1-3-18-14(2)11-19(29-18)22(28)25-24-21(27)13-23-20(26)12-16-9-6-8-15-7-4-5-10-17(15)16/h4-11H,3,12-13H2,1-2H3,(H,23,26)(H,24,27)(H,25,28). The Morgan fingerprint density at radius 1 is 0.966 bits per heavy atom. The maximum atomic E-state index is 12.2. The first kappa shape index (κ1) is 20.5. The lowest BCUT2D eigenvalue weighted by molar-refractivity contribution is -0.126. The largest absolute Gasteiger partial charge is 0.347 e. The van der Waals surface area contributed by atoms with Gasteiger partial charge in [-0.3, -0.25) is 25.2 Å². The number of benzene rings is 2. The molecule has 3 amide bonds. The van der Waals surface area contributed by atoms with E-state index >= 15 is 0 Å². The molecule has 0 saturated carbocycles. The summed E-state index contributed by atoms with van der Waals surface area (Å²) in [5, 5.41) is 4.66. The molecule has 1 aromatic heterocycles. The van der Waals surface area contributed by atoms with Crippen LogP contribution in [0.2, 0.25) is 0 Å². The van der Waals surface area contributed by atoms with Gasteiger partial charge in [-0.15, -0.1) is 11.3 Å². The molecule has 3 aromatic rings. The van der Waals surface area contributed by atoms with E-state index in [1.54, 1.807) is 6.07 Å². The number of fused-ring (bicyclic) bond motifs is 1. The molecular formula is C22H23N3O3S. The lowest BCUT2D eigenvalue weighted by Gasteiger charge is -2.09. The Hall–Kier alpha value is -3.19. The molecule has 0 radical (unpaired) electrons. The molecule has 150 valence electrons. The molecule has 0 fully saturated rings. The predicted molar refractivity (Wildman–Crippen MR) is 115 cm³/mol. The van der Waals surface area contributed by atoms with Crippen LogP contribution in [0, 0.1) is 6.92 Å². The fourth-order valence-electron chi connectivity index (χ4n) is 3.08. The normalized spacial score (nSPS) is 10.6. The molecule has 2 aromatic carbocycles. The topological polar surface area (TPSA) is 87.3 Å². The minimum atomic E-state index is -0.492. The quantitative estimate of drug-likeness (QED) is 0.547. The first-order valence-corrected chi connectivity index (χ1v) is 10.2. The molecule has 0 saturated heterocycles. The summed E-state index contributed by atoms with van der Waals surface area (Å²) in [6.45, 7) is 3.77. The fraction of sp³-hybridized carbons (Fsp3) is 0.227. The Morgan fingerprint density at radius 3 is 2.48 bits per heavy atom. The monoisotopic (exact) mass is 409 g/mol. The highest BCUT2D eigenvalue weighted by atomic mass is 32.1. The van der Waals surface area contributed by atoms with Crippen molar-refractivity contribution in [2.45, 2.75) is 26.7 Å². The van der Waals surface area contributed by atoms with Crippen LogP contribution in [-0.2, 0) is 22.4 Å². The number of hydrazine groups is 1. The predicted octanol–water partition coefficient (Wildman–Crippen LogP) is 2.89. The Labute approximate surface area is 173 Å². The van der Waals surface area contributed by atoms with Crippen molar-refractivity contribution in [1.29, 1.82) is 0 Å². The molecule has 0 bridgehead atoms. The van der Waals surface area contributed by atoms with E-state index in [9.17, 15) is 14.4 Å². The van der Waals surface area contributed by atoms with Crippen LogP contribution >= 0.6 is 11.3 Å². The maximum Gasteiger partial charge on any atom is 0.279 e. The molecule has 0 aliphatic carbocycles. The molecule has 0 spiro atoms. The van der Waals surface area contributed by atoms with E-state index in [1.165, 1.54) is 11.3 Å². The first-order valence-electron chi connectivity index (χ1n) is 9.39. The lowest BCUT2D eigenvalue weighted by Crippen LogP contribution is -2.46. The van der Waals surface area contributed by atoms with Gasteiger partial charge in [0, 0.05) is 4.88 Å². The van der Waals surface area contributed by atoms with Crippen molar-refractivity contribution in [2.75, 3.05) is 6.54 Å². The van der Waals surface area contributed by atoms with Crippen LogP contribution in [0.4, 0.5) is 0 Å². The van der Waals surface area contributed by atoms with Gasteiger partial charge in [0.1, 0.15) is 0 Å². The summed E-state index contributed by atoms with van der Waals surface area (Å²) >= 11 is 1.41. The van der Waals surface area contributed by atoms with Gasteiger partial charge >= 0.3 is 0 Å². The van der Waals surface area contributed by atoms with Crippen molar-refractivity contribution in [2.24, 2.45) is 0 Å². The van der Waals surface area contributed by atoms with E-state index in [4.69, 9.17) is 0 Å². The number of hydrogen-bond acceptors (Lipinski definition) is 4. The van der Waals surface area contributed by atoms with Crippen molar-refractivity contribution in [3.05, 3.63) is 69.4 Å². The molecule has 3 rings (SSSR count). The Kier molecular flexibility index (Phi) is 6.61. The lowest BCUT2D eigenvalue weighted by atomic mass is 10.0. The third kappa shape index (κ3) is 5.20. The number of aryl methyl sites for hydroxylation is 2. The second-order valence-electron chi connectivity index (χ2n) is 6.66. The van der Waals surface area contributed by atoms with Gasteiger partial charge in [0.05, 0.1) is 17.8 Å². The zero-order valence-corrected chi connectivity index (χ0v) is 17.2. The molecule has 29 heavy (non-hydrogen) atoms. The van der Waals surface area contributed by atoms with Crippen LogP contribution < -0.4 is 16.2 Å². The van der Waals surface area contributed by atoms with Crippen molar-refractivity contribution >= 4 is 39.8 Å². The van der Waals surface area contributed by atoms with E-state index in [-0.39, 0.29) is 24.8 Å². The van der Waals surface area contributed by atoms with Gasteiger partial charge in [-0.2, -0.15) is 0 Å². The third-order valence-corrected chi connectivity index (χ3v) is 5.94. The molecule has 0 aliphatic heterocycles. The van der Waals surface area contributed by atoms with E-state index < -0.39 is 5.91 Å². The Bertz CT molecular complexity index is 1050. The summed E-state index contributed by atoms with van der Waals surface area (Å²) in [6, 6.07) is 15.4. The van der Waals surface area contributed by atoms with Gasteiger partial charge in [-0.05, 0) is 41.3 Å². The Morgan fingerprint density at radius 2 is 1.72 bits per heavy atom. The van der Waals surface area contributed by atoms with Gasteiger partial charge in [0.15, 0.2) is 0 Å². The summed E-state index contributed by atoms with van der Waals surface area (Å²) in [5.74, 6) is -1.12. The van der Waals surface area contributed by atoms with Crippen molar-refractivity contribution in [3.63, 3.8) is 0 Å². The number of carbonyl (C=O) groups excluding carboxylic acids is 3. The van der Waals surface area contributed by atoms with Gasteiger partial charge in [-0.1, -0.05) is 49.4 Å². The highest BCUT2D eigenvalue weighted by molar-refractivity contribution is 7.14. The van der Waals surface area contributed by atoms with E-state index in [2.05, 4.69) is 16.2 Å². The summed E-state index contributed by atoms with van der Waals surface area (Å²) in [5.41, 5.74) is 6.67. The zero-order valence-electron chi connectivity index (χ0n) is 16.4. The number of carbonyl (C=O) groups is 3. The minimum absolute atomic E-state index is 0.176. The van der Waals surface area contributed by atoms with Crippen LogP contribution in [0.15, 0.2) is 48.5 Å². The van der Waals surface area contributed by atoms with Gasteiger partial charge in [0.25, 0.3) is 11.8 Å². The highest BCUT2D eigenvalue weighted by Crippen LogP contribution is 2.22. The van der Waals surface area contributed by atoms with Crippen LogP contribution in [0.1, 0.15) is 32.6 Å². The van der Waals surface area contributed by atoms with Gasteiger partial charge in [-0.25, -0.2) is 0 Å². The number of hydrogen-bond donors (Lipinski definition) is 3. The highest BCUT2D eigenvalue weighted by Gasteiger charge is 2.13. The van der Waals surface area contributed by atoms with Crippen LogP contribution in [0.25, 0.3) is 10.8 Å². The van der Waals surface area contributed by atoms with E-state index in [0.29, 0.717) is 4.88 Å². The second-order valence-corrected chi connectivity index (χ2v) is 7.80. The first-order chi connectivity index (χ1) is 14.0. The smallest absolute Gasteiger partial charge is 0.279 e. The number of amides is 3. The fourth-order valence-corrected chi connectivity index (χ4v) is 4.09. The van der Waals surface area contributed by atoms with Crippen LogP contribution in [0.3, 0.4) is 0 Å². The summed E-state index contributed by atoms with van der Waals surface area (Å²) < 4.78 is 0. The van der Waals surface area contributed by atoms with E-state index in [0.717, 1.165) is 33.2 Å². The minimum Gasteiger partial charge on any atom is -0.347 e. The SMILES string of the molecule is CCc1sc(C(=O)NNC(=O)CNC(=O)Cc2cccc3ccccc23)cc1C. The second kappa shape index (κ2) is 9.34. The molecule has 0 atom stereocenters. The molecule has 1 heterocycles. The molecule has 0 unspecified atom stereocenters.